The molecule has 0 aromatic heterocycles. The van der Waals surface area contributed by atoms with E-state index >= 15 is 0 Å². The van der Waals surface area contributed by atoms with E-state index in [1.165, 1.54) is 0 Å². The average Bonchev–Trinajstić information content (AvgIpc) is 2.66. The van der Waals surface area contributed by atoms with Crippen LogP contribution >= 0.6 is 0 Å². The number of hydrogen-bond acceptors (Lipinski definition) is 4. The van der Waals surface area contributed by atoms with Gasteiger partial charge in [-0.3, -0.25) is 9.59 Å². The van der Waals surface area contributed by atoms with Gasteiger partial charge in [-0.1, -0.05) is 43.3 Å². The summed E-state index contributed by atoms with van der Waals surface area (Å²) in [7, 11) is 0. The van der Waals surface area contributed by atoms with Crippen LogP contribution in [0.1, 0.15) is 52.1 Å². The summed E-state index contributed by atoms with van der Waals surface area (Å²) in [6, 6.07) is 12.4. The zero-order chi connectivity index (χ0) is 16.6. The predicted octanol–water partition coefficient (Wildman–Crippen LogP) is 2.86. The van der Waals surface area contributed by atoms with Crippen LogP contribution < -0.4 is 11.5 Å². The van der Waals surface area contributed by atoms with Crippen LogP contribution in [0, 0.1) is 0 Å². The molecule has 0 amide bonds. The van der Waals surface area contributed by atoms with Crippen molar-refractivity contribution in [3.8, 4) is 11.1 Å². The van der Waals surface area contributed by atoms with E-state index in [2.05, 4.69) is 0 Å². The fraction of sp³-hybridized carbons (Fsp3) is 0.263. The molecule has 2 atom stereocenters. The van der Waals surface area contributed by atoms with Crippen LogP contribution in [-0.2, 0) is 0 Å². The van der Waals surface area contributed by atoms with Crippen molar-refractivity contribution in [2.24, 2.45) is 11.5 Å². The Morgan fingerprint density at radius 3 is 2.35 bits per heavy atom. The van der Waals surface area contributed by atoms with Crippen molar-refractivity contribution >= 4 is 11.6 Å². The lowest BCUT2D eigenvalue weighted by Gasteiger charge is -2.12. The summed E-state index contributed by atoms with van der Waals surface area (Å²) in [5.41, 5.74) is 15.7. The standard InChI is InChI=1S/C19H20N2O2/c1-2-16(20)12-5-3-11(4-6-12)14-8-7-13-9-15(14)18(22)10-17(21)19(13)23/h3-9,16-17H,2,10,20-21H2,1H3. The maximum atomic E-state index is 12.4. The first-order valence-electron chi connectivity index (χ1n) is 7.84. The Balaban J connectivity index is 2.03. The van der Waals surface area contributed by atoms with Gasteiger partial charge in [0.1, 0.15) is 0 Å². The highest BCUT2D eigenvalue weighted by Gasteiger charge is 2.27. The Morgan fingerprint density at radius 2 is 1.70 bits per heavy atom. The first-order chi connectivity index (χ1) is 11.0. The van der Waals surface area contributed by atoms with Crippen molar-refractivity contribution in [3.05, 3.63) is 59.2 Å². The molecule has 4 heteroatoms. The number of carbonyl (C=O) groups excluding carboxylic acids is 2. The molecule has 3 rings (SSSR count). The minimum Gasteiger partial charge on any atom is -0.324 e. The van der Waals surface area contributed by atoms with Gasteiger partial charge in [-0.15, -0.1) is 0 Å². The zero-order valence-corrected chi connectivity index (χ0v) is 13.1. The molecule has 2 aromatic rings. The number of carbonyl (C=O) groups is 2. The van der Waals surface area contributed by atoms with Crippen molar-refractivity contribution in [1.82, 2.24) is 0 Å². The van der Waals surface area contributed by atoms with Gasteiger partial charge in [-0.05, 0) is 29.2 Å². The molecule has 2 bridgehead atoms. The number of rotatable bonds is 3. The van der Waals surface area contributed by atoms with E-state index in [1.54, 1.807) is 12.1 Å². The van der Waals surface area contributed by atoms with Crippen molar-refractivity contribution in [1.29, 1.82) is 0 Å². The second kappa shape index (κ2) is 6.07. The molecule has 23 heavy (non-hydrogen) atoms. The number of fused-ring (bicyclic) bond motifs is 2. The molecular weight excluding hydrogens is 288 g/mol. The summed E-state index contributed by atoms with van der Waals surface area (Å²) in [4.78, 5) is 24.5. The van der Waals surface area contributed by atoms with Gasteiger partial charge in [0, 0.05) is 23.6 Å². The van der Waals surface area contributed by atoms with Gasteiger partial charge in [0.25, 0.3) is 0 Å². The second-order valence-electron chi connectivity index (χ2n) is 6.00. The number of nitrogens with two attached hydrogens (primary N) is 2. The summed E-state index contributed by atoms with van der Waals surface area (Å²) < 4.78 is 0. The first-order valence-corrected chi connectivity index (χ1v) is 7.84. The molecule has 0 spiro atoms. The van der Waals surface area contributed by atoms with Crippen LogP contribution in [0.2, 0.25) is 0 Å². The van der Waals surface area contributed by atoms with Crippen LogP contribution in [0.3, 0.4) is 0 Å². The Bertz CT molecular complexity index is 765. The maximum Gasteiger partial charge on any atom is 0.179 e. The molecule has 2 unspecified atom stereocenters. The molecule has 0 fully saturated rings. The van der Waals surface area contributed by atoms with Crippen molar-refractivity contribution < 1.29 is 9.59 Å². The third-order valence-electron chi connectivity index (χ3n) is 4.44. The van der Waals surface area contributed by atoms with Crippen LogP contribution in [0.5, 0.6) is 0 Å². The van der Waals surface area contributed by atoms with Crippen LogP contribution in [0.15, 0.2) is 42.5 Å². The summed E-state index contributed by atoms with van der Waals surface area (Å²) >= 11 is 0. The SMILES string of the molecule is CCC(N)c1ccc(-c2ccc3cc2C(=O)CC(N)C3=O)cc1. The predicted molar refractivity (Wildman–Crippen MR) is 90.4 cm³/mol. The lowest BCUT2D eigenvalue weighted by molar-refractivity contribution is 0.0904. The number of hydrogen-bond donors (Lipinski definition) is 2. The molecule has 0 heterocycles. The third kappa shape index (κ3) is 2.83. The molecule has 2 aromatic carbocycles. The number of ketones is 2. The molecule has 0 saturated heterocycles. The molecule has 1 aliphatic carbocycles. The molecule has 0 saturated carbocycles. The molecule has 4 nitrogen and oxygen atoms in total. The van der Waals surface area contributed by atoms with E-state index in [9.17, 15) is 9.59 Å². The van der Waals surface area contributed by atoms with Gasteiger partial charge >= 0.3 is 0 Å². The highest BCUT2D eigenvalue weighted by molar-refractivity contribution is 6.12. The van der Waals surface area contributed by atoms with E-state index in [4.69, 9.17) is 11.5 Å². The topological polar surface area (TPSA) is 86.2 Å². The quantitative estimate of drug-likeness (QED) is 0.913. The Hall–Kier alpha value is -2.30. The minimum absolute atomic E-state index is 0.0187. The van der Waals surface area contributed by atoms with Gasteiger partial charge in [-0.2, -0.15) is 0 Å². The number of Topliss-reactive ketones (excluding diaryl/α,β-unsaturated/α-hetero) is 2. The fourth-order valence-electron chi connectivity index (χ4n) is 2.94. The molecule has 0 aliphatic heterocycles. The van der Waals surface area contributed by atoms with Gasteiger partial charge in [0.05, 0.1) is 6.04 Å². The Morgan fingerprint density at radius 1 is 1.04 bits per heavy atom. The first kappa shape index (κ1) is 15.6. The van der Waals surface area contributed by atoms with Gasteiger partial charge in [0.2, 0.25) is 0 Å². The second-order valence-corrected chi connectivity index (χ2v) is 6.00. The lowest BCUT2D eigenvalue weighted by Crippen LogP contribution is -2.31. The fourth-order valence-corrected chi connectivity index (χ4v) is 2.94. The maximum absolute atomic E-state index is 12.4. The minimum atomic E-state index is -0.750. The third-order valence-corrected chi connectivity index (χ3v) is 4.44. The van der Waals surface area contributed by atoms with Crippen molar-refractivity contribution in [3.63, 3.8) is 0 Å². The van der Waals surface area contributed by atoms with E-state index in [0.29, 0.717) is 11.1 Å². The smallest absolute Gasteiger partial charge is 0.179 e. The molecule has 4 N–H and O–H groups in total. The van der Waals surface area contributed by atoms with Gasteiger partial charge in [-0.25, -0.2) is 0 Å². The average molecular weight is 308 g/mol. The van der Waals surface area contributed by atoms with Crippen LogP contribution in [-0.4, -0.2) is 17.6 Å². The summed E-state index contributed by atoms with van der Waals surface area (Å²) in [5, 5.41) is 0. The van der Waals surface area contributed by atoms with E-state index in [1.807, 2.05) is 37.3 Å². The molecule has 0 radical (unpaired) electrons. The van der Waals surface area contributed by atoms with E-state index < -0.39 is 6.04 Å². The van der Waals surface area contributed by atoms with Gasteiger partial charge in [0.15, 0.2) is 11.6 Å². The lowest BCUT2D eigenvalue weighted by atomic mass is 9.94. The molecular formula is C19H20N2O2. The molecule has 118 valence electrons. The summed E-state index contributed by atoms with van der Waals surface area (Å²) in [6.07, 6.45) is 0.927. The highest BCUT2D eigenvalue weighted by Crippen LogP contribution is 2.29. The largest absolute Gasteiger partial charge is 0.324 e. The highest BCUT2D eigenvalue weighted by atomic mass is 16.1. The molecule has 1 aliphatic rings. The zero-order valence-electron chi connectivity index (χ0n) is 13.1. The van der Waals surface area contributed by atoms with Crippen molar-refractivity contribution in [2.45, 2.75) is 31.8 Å². The van der Waals surface area contributed by atoms with Crippen LogP contribution in [0.4, 0.5) is 0 Å². The summed E-state index contributed by atoms with van der Waals surface area (Å²) in [5.74, 6) is -0.262. The van der Waals surface area contributed by atoms with Crippen molar-refractivity contribution in [2.75, 3.05) is 0 Å². The van der Waals surface area contributed by atoms with E-state index in [0.717, 1.165) is 23.1 Å². The normalized spacial score (nSPS) is 18.7. The Kier molecular flexibility index (Phi) is 4.11. The summed E-state index contributed by atoms with van der Waals surface area (Å²) in [6.45, 7) is 2.05. The van der Waals surface area contributed by atoms with Crippen LogP contribution in [0.25, 0.3) is 11.1 Å². The number of benzene rings is 2. The Labute approximate surface area is 135 Å². The van der Waals surface area contributed by atoms with Gasteiger partial charge < -0.3 is 11.5 Å². The van der Waals surface area contributed by atoms with E-state index in [-0.39, 0.29) is 24.0 Å². The monoisotopic (exact) mass is 308 g/mol.